The fourth-order valence-electron chi connectivity index (χ4n) is 1.13. The molecular formula is C8H15ClN2O. The number of ether oxygens (including phenoxy) is 1. The quantitative estimate of drug-likeness (QED) is 0.608. The van der Waals surface area contributed by atoms with E-state index in [2.05, 4.69) is 11.0 Å². The molecule has 0 heterocycles. The number of nitrogens with zero attached hydrogens (tertiary/aromatic N) is 2. The third-order valence-electron chi connectivity index (χ3n) is 1.92. The Labute approximate surface area is 79.7 Å². The van der Waals surface area contributed by atoms with Crippen LogP contribution in [0.25, 0.3) is 0 Å². The summed E-state index contributed by atoms with van der Waals surface area (Å²) in [5.74, 6) is 0. The molecule has 0 N–H and O–H groups in total. The summed E-state index contributed by atoms with van der Waals surface area (Å²) < 4.78 is 4.95. The molecule has 0 aliphatic heterocycles. The van der Waals surface area contributed by atoms with E-state index in [-0.39, 0.29) is 12.4 Å². The topological polar surface area (TPSA) is 36.3 Å². The van der Waals surface area contributed by atoms with E-state index in [0.717, 1.165) is 13.2 Å². The van der Waals surface area contributed by atoms with Crippen molar-refractivity contribution in [3.05, 3.63) is 0 Å². The van der Waals surface area contributed by atoms with E-state index < -0.39 is 0 Å². The molecule has 4 heteroatoms. The molecular weight excluding hydrogens is 176 g/mol. The van der Waals surface area contributed by atoms with Gasteiger partial charge in [-0.05, 0) is 12.8 Å². The molecule has 0 saturated heterocycles. The average molecular weight is 191 g/mol. The number of nitriles is 1. The van der Waals surface area contributed by atoms with Crippen LogP contribution in [0.4, 0.5) is 0 Å². The van der Waals surface area contributed by atoms with Gasteiger partial charge in [0.25, 0.3) is 0 Å². The second kappa shape index (κ2) is 6.24. The third-order valence-corrected chi connectivity index (χ3v) is 1.92. The van der Waals surface area contributed by atoms with Crippen molar-refractivity contribution in [3.63, 3.8) is 0 Å². The van der Waals surface area contributed by atoms with Crippen molar-refractivity contribution >= 4 is 12.4 Å². The Kier molecular flexibility index (Phi) is 6.09. The van der Waals surface area contributed by atoms with Gasteiger partial charge in [-0.25, -0.2) is 0 Å². The monoisotopic (exact) mass is 190 g/mol. The zero-order valence-corrected chi connectivity index (χ0v) is 8.14. The van der Waals surface area contributed by atoms with Crippen LogP contribution in [0.15, 0.2) is 0 Å². The second-order valence-electron chi connectivity index (χ2n) is 2.85. The summed E-state index contributed by atoms with van der Waals surface area (Å²) in [6.07, 6.45) is 2.51. The van der Waals surface area contributed by atoms with E-state index in [1.165, 1.54) is 12.8 Å². The molecule has 0 atom stereocenters. The summed E-state index contributed by atoms with van der Waals surface area (Å²) in [6.45, 7) is 2.18. The number of rotatable bonds is 5. The predicted octanol–water partition coefficient (Wildman–Crippen LogP) is 1.04. The highest BCUT2D eigenvalue weighted by Gasteiger charge is 2.27. The zero-order chi connectivity index (χ0) is 8.10. The molecule has 1 rings (SSSR count). The highest BCUT2D eigenvalue weighted by atomic mass is 35.5. The van der Waals surface area contributed by atoms with Crippen LogP contribution >= 0.6 is 12.4 Å². The molecule has 0 spiro atoms. The van der Waals surface area contributed by atoms with Crippen molar-refractivity contribution in [2.24, 2.45) is 0 Å². The Hall–Kier alpha value is -0.300. The lowest BCUT2D eigenvalue weighted by Gasteiger charge is -2.16. The standard InChI is InChI=1S/C8H14N2O.ClH/c1-11-7-6-10(5-4-9)8-2-3-8;/h8H,2-3,5-7H2,1H3;1H. The molecule has 0 aromatic carbocycles. The molecule has 0 unspecified atom stereocenters. The van der Waals surface area contributed by atoms with E-state index in [1.807, 2.05) is 0 Å². The minimum atomic E-state index is 0. The fraction of sp³-hybridized carbons (Fsp3) is 0.875. The third kappa shape index (κ3) is 3.91. The fourth-order valence-corrected chi connectivity index (χ4v) is 1.13. The number of methoxy groups -OCH3 is 1. The molecule has 0 aromatic rings. The van der Waals surface area contributed by atoms with Crippen LogP contribution in [0, 0.1) is 11.3 Å². The second-order valence-corrected chi connectivity index (χ2v) is 2.85. The number of hydrogen-bond donors (Lipinski definition) is 0. The summed E-state index contributed by atoms with van der Waals surface area (Å²) in [5, 5.41) is 8.48. The first-order chi connectivity index (χ1) is 5.38. The summed E-state index contributed by atoms with van der Waals surface area (Å²) >= 11 is 0. The van der Waals surface area contributed by atoms with Crippen molar-refractivity contribution in [2.75, 3.05) is 26.8 Å². The first kappa shape index (κ1) is 11.7. The smallest absolute Gasteiger partial charge is 0.0869 e. The maximum atomic E-state index is 8.48. The van der Waals surface area contributed by atoms with Gasteiger partial charge in [-0.15, -0.1) is 12.4 Å². The van der Waals surface area contributed by atoms with E-state index in [1.54, 1.807) is 7.11 Å². The molecule has 0 radical (unpaired) electrons. The molecule has 1 saturated carbocycles. The minimum Gasteiger partial charge on any atom is -0.383 e. The van der Waals surface area contributed by atoms with Crippen LogP contribution in [0.5, 0.6) is 0 Å². The first-order valence-corrected chi connectivity index (χ1v) is 3.98. The Bertz CT molecular complexity index is 154. The maximum Gasteiger partial charge on any atom is 0.0869 e. The lowest BCUT2D eigenvalue weighted by Crippen LogP contribution is -2.29. The Morgan fingerprint density at radius 2 is 2.25 bits per heavy atom. The van der Waals surface area contributed by atoms with Gasteiger partial charge in [-0.2, -0.15) is 5.26 Å². The molecule has 1 fully saturated rings. The highest BCUT2D eigenvalue weighted by molar-refractivity contribution is 5.85. The normalized spacial score (nSPS) is 15.4. The van der Waals surface area contributed by atoms with Gasteiger partial charge in [0.15, 0.2) is 0 Å². The predicted molar refractivity (Wildman–Crippen MR) is 49.3 cm³/mol. The van der Waals surface area contributed by atoms with Gasteiger partial charge < -0.3 is 4.74 Å². The average Bonchev–Trinajstić information content (AvgIpc) is 2.80. The molecule has 0 amide bonds. The van der Waals surface area contributed by atoms with Gasteiger partial charge in [0.05, 0.1) is 19.2 Å². The number of halogens is 1. The van der Waals surface area contributed by atoms with E-state index in [9.17, 15) is 0 Å². The van der Waals surface area contributed by atoms with Gasteiger partial charge in [0, 0.05) is 19.7 Å². The maximum absolute atomic E-state index is 8.48. The Morgan fingerprint density at radius 1 is 1.58 bits per heavy atom. The molecule has 1 aliphatic rings. The lowest BCUT2D eigenvalue weighted by atomic mass is 10.4. The summed E-state index contributed by atoms with van der Waals surface area (Å²) in [4.78, 5) is 2.18. The van der Waals surface area contributed by atoms with Crippen molar-refractivity contribution in [1.82, 2.24) is 4.90 Å². The zero-order valence-electron chi connectivity index (χ0n) is 7.32. The van der Waals surface area contributed by atoms with E-state index in [4.69, 9.17) is 10.00 Å². The van der Waals surface area contributed by atoms with Crippen LogP contribution < -0.4 is 0 Å². The van der Waals surface area contributed by atoms with Crippen LogP contribution in [0.1, 0.15) is 12.8 Å². The van der Waals surface area contributed by atoms with E-state index in [0.29, 0.717) is 12.6 Å². The van der Waals surface area contributed by atoms with Gasteiger partial charge in [-0.3, -0.25) is 4.90 Å². The molecule has 0 bridgehead atoms. The van der Waals surface area contributed by atoms with Crippen molar-refractivity contribution in [3.8, 4) is 6.07 Å². The van der Waals surface area contributed by atoms with Crippen LogP contribution in [0.2, 0.25) is 0 Å². The molecule has 12 heavy (non-hydrogen) atoms. The largest absolute Gasteiger partial charge is 0.383 e. The van der Waals surface area contributed by atoms with Crippen LogP contribution in [-0.2, 0) is 4.74 Å². The van der Waals surface area contributed by atoms with Crippen molar-refractivity contribution < 1.29 is 4.74 Å². The molecule has 70 valence electrons. The SMILES string of the molecule is COCCN(CC#N)C1CC1.Cl. The lowest BCUT2D eigenvalue weighted by molar-refractivity contribution is 0.151. The van der Waals surface area contributed by atoms with Gasteiger partial charge in [-0.1, -0.05) is 0 Å². The molecule has 3 nitrogen and oxygen atoms in total. The molecule has 0 aromatic heterocycles. The molecule has 1 aliphatic carbocycles. The van der Waals surface area contributed by atoms with Gasteiger partial charge in [0.1, 0.15) is 0 Å². The Balaban J connectivity index is 0.00000121. The Morgan fingerprint density at radius 3 is 2.67 bits per heavy atom. The van der Waals surface area contributed by atoms with Gasteiger partial charge in [0.2, 0.25) is 0 Å². The highest BCUT2D eigenvalue weighted by Crippen LogP contribution is 2.25. The van der Waals surface area contributed by atoms with Crippen LogP contribution in [0.3, 0.4) is 0 Å². The van der Waals surface area contributed by atoms with Gasteiger partial charge >= 0.3 is 0 Å². The number of hydrogen-bond acceptors (Lipinski definition) is 3. The van der Waals surface area contributed by atoms with Crippen LogP contribution in [-0.4, -0.2) is 37.7 Å². The minimum absolute atomic E-state index is 0. The van der Waals surface area contributed by atoms with E-state index >= 15 is 0 Å². The summed E-state index contributed by atoms with van der Waals surface area (Å²) in [6, 6.07) is 2.84. The van der Waals surface area contributed by atoms with Crippen molar-refractivity contribution in [2.45, 2.75) is 18.9 Å². The summed E-state index contributed by atoms with van der Waals surface area (Å²) in [7, 11) is 1.69. The summed E-state index contributed by atoms with van der Waals surface area (Å²) in [5.41, 5.74) is 0. The first-order valence-electron chi connectivity index (χ1n) is 3.98. The van der Waals surface area contributed by atoms with Crippen molar-refractivity contribution in [1.29, 1.82) is 5.26 Å².